The second-order valence-electron chi connectivity index (χ2n) is 8.35. The Bertz CT molecular complexity index is 912. The van der Waals surface area contributed by atoms with Gasteiger partial charge in [0.05, 0.1) is 6.54 Å². The lowest BCUT2D eigenvalue weighted by atomic mass is 10.0. The molecule has 0 spiro atoms. The molecule has 0 N–H and O–H groups in total. The molecule has 3 heteroatoms. The van der Waals surface area contributed by atoms with E-state index in [0.29, 0.717) is 6.54 Å². The lowest BCUT2D eigenvalue weighted by molar-refractivity contribution is 0.0737. The molecule has 0 unspecified atom stereocenters. The fourth-order valence-electron chi connectivity index (χ4n) is 3.90. The van der Waals surface area contributed by atoms with E-state index < -0.39 is 0 Å². The van der Waals surface area contributed by atoms with Crippen LogP contribution in [0.4, 0.5) is 0 Å². The minimum absolute atomic E-state index is 0.126. The minimum Gasteiger partial charge on any atom is -0.345 e. The van der Waals surface area contributed by atoms with Crippen LogP contribution in [0.25, 0.3) is 0 Å². The number of rotatable bonds is 12. The normalized spacial score (nSPS) is 10.9. The molecule has 0 fully saturated rings. The third-order valence-corrected chi connectivity index (χ3v) is 5.81. The van der Waals surface area contributed by atoms with Gasteiger partial charge in [-0.2, -0.15) is 0 Å². The number of carbonyl (C=O) groups excluding carboxylic acids is 1. The highest BCUT2D eigenvalue weighted by molar-refractivity contribution is 5.94. The van der Waals surface area contributed by atoms with Crippen LogP contribution in [0.1, 0.15) is 73.1 Å². The predicted molar refractivity (Wildman–Crippen MR) is 129 cm³/mol. The molecule has 1 amide bonds. The summed E-state index contributed by atoms with van der Waals surface area (Å²) in [6.45, 7) is 6.64. The first kappa shape index (κ1) is 22.9. The number of hydrogen-bond acceptors (Lipinski definition) is 1. The van der Waals surface area contributed by atoms with Crippen LogP contribution in [-0.4, -0.2) is 21.9 Å². The van der Waals surface area contributed by atoms with Crippen LogP contribution in [0.3, 0.4) is 0 Å². The maximum atomic E-state index is 13.3. The Balaban J connectivity index is 1.70. The van der Waals surface area contributed by atoms with E-state index in [2.05, 4.69) is 73.1 Å². The summed E-state index contributed by atoms with van der Waals surface area (Å²) < 4.78 is 2.25. The van der Waals surface area contributed by atoms with Gasteiger partial charge in [0.15, 0.2) is 0 Å². The summed E-state index contributed by atoms with van der Waals surface area (Å²) in [4.78, 5) is 15.3. The van der Waals surface area contributed by atoms with Crippen LogP contribution in [0.2, 0.25) is 0 Å². The molecule has 0 aliphatic heterocycles. The fraction of sp³-hybridized carbons (Fsp3) is 0.393. The van der Waals surface area contributed by atoms with Crippen molar-refractivity contribution in [2.24, 2.45) is 0 Å². The van der Waals surface area contributed by atoms with Crippen LogP contribution in [0.15, 0.2) is 72.9 Å². The standard InChI is InChI=1S/C28H36N2O/c1-3-5-8-12-24-16-18-26(19-17-24)28(31)30(20-6-4-2)23-27-15-11-21-29(27)22-25-13-9-7-10-14-25/h7,9-11,13-19,21H,3-6,8,12,20,22-23H2,1-2H3. The molecule has 3 rings (SSSR count). The van der Waals surface area contributed by atoms with Crippen LogP contribution < -0.4 is 0 Å². The van der Waals surface area contributed by atoms with E-state index in [0.717, 1.165) is 37.9 Å². The third kappa shape index (κ3) is 6.85. The highest BCUT2D eigenvalue weighted by Gasteiger charge is 2.17. The van der Waals surface area contributed by atoms with Crippen LogP contribution in [0, 0.1) is 0 Å². The Morgan fingerprint density at radius 3 is 2.26 bits per heavy atom. The van der Waals surface area contributed by atoms with Crippen molar-refractivity contribution in [1.29, 1.82) is 0 Å². The van der Waals surface area contributed by atoms with E-state index in [-0.39, 0.29) is 5.91 Å². The molecule has 0 bridgehead atoms. The zero-order chi connectivity index (χ0) is 21.9. The smallest absolute Gasteiger partial charge is 0.254 e. The molecule has 0 atom stereocenters. The topological polar surface area (TPSA) is 25.2 Å². The Labute approximate surface area is 187 Å². The maximum absolute atomic E-state index is 13.3. The van der Waals surface area contributed by atoms with Gasteiger partial charge in [-0.05, 0) is 54.7 Å². The molecule has 1 aromatic heterocycles. The summed E-state index contributed by atoms with van der Waals surface area (Å²) in [5, 5.41) is 0. The summed E-state index contributed by atoms with van der Waals surface area (Å²) in [6, 6.07) is 22.9. The molecule has 0 saturated heterocycles. The molecule has 31 heavy (non-hydrogen) atoms. The predicted octanol–water partition coefficient (Wildman–Crippen LogP) is 6.71. The Morgan fingerprint density at radius 1 is 0.806 bits per heavy atom. The quantitative estimate of drug-likeness (QED) is 0.301. The van der Waals surface area contributed by atoms with Crippen molar-refractivity contribution in [3.8, 4) is 0 Å². The molecule has 3 nitrogen and oxygen atoms in total. The number of nitrogens with zero attached hydrogens (tertiary/aromatic N) is 2. The first-order chi connectivity index (χ1) is 15.2. The van der Waals surface area contributed by atoms with Crippen molar-refractivity contribution in [3.63, 3.8) is 0 Å². The number of aromatic nitrogens is 1. The average Bonchev–Trinajstić information content (AvgIpc) is 3.24. The number of aryl methyl sites for hydroxylation is 1. The van der Waals surface area contributed by atoms with E-state index >= 15 is 0 Å². The van der Waals surface area contributed by atoms with Gasteiger partial charge in [0.2, 0.25) is 0 Å². The van der Waals surface area contributed by atoms with E-state index in [4.69, 9.17) is 0 Å². The van der Waals surface area contributed by atoms with E-state index in [1.807, 2.05) is 23.1 Å². The number of benzene rings is 2. The average molecular weight is 417 g/mol. The van der Waals surface area contributed by atoms with Gasteiger partial charge in [-0.15, -0.1) is 0 Å². The van der Waals surface area contributed by atoms with Gasteiger partial charge in [0.1, 0.15) is 0 Å². The molecule has 0 radical (unpaired) electrons. The second kappa shape index (κ2) is 12.1. The lowest BCUT2D eigenvalue weighted by Gasteiger charge is -2.24. The zero-order valence-corrected chi connectivity index (χ0v) is 19.1. The molecule has 2 aromatic carbocycles. The van der Waals surface area contributed by atoms with Gasteiger partial charge in [-0.25, -0.2) is 0 Å². The van der Waals surface area contributed by atoms with Crippen LogP contribution >= 0.6 is 0 Å². The molecule has 164 valence electrons. The first-order valence-electron chi connectivity index (χ1n) is 11.8. The molecular formula is C28H36N2O. The van der Waals surface area contributed by atoms with Gasteiger partial charge in [0, 0.05) is 30.5 Å². The lowest BCUT2D eigenvalue weighted by Crippen LogP contribution is -2.32. The second-order valence-corrected chi connectivity index (χ2v) is 8.35. The van der Waals surface area contributed by atoms with Crippen molar-refractivity contribution in [2.75, 3.05) is 6.54 Å². The molecule has 3 aromatic rings. The molecule has 0 saturated carbocycles. The zero-order valence-electron chi connectivity index (χ0n) is 19.1. The molecule has 0 aliphatic carbocycles. The summed E-state index contributed by atoms with van der Waals surface area (Å²) >= 11 is 0. The Hall–Kier alpha value is -2.81. The summed E-state index contributed by atoms with van der Waals surface area (Å²) in [5.41, 5.74) is 4.55. The number of carbonyl (C=O) groups is 1. The largest absolute Gasteiger partial charge is 0.345 e. The fourth-order valence-corrected chi connectivity index (χ4v) is 3.90. The van der Waals surface area contributed by atoms with Crippen LogP contribution in [0.5, 0.6) is 0 Å². The van der Waals surface area contributed by atoms with Crippen molar-refractivity contribution in [3.05, 3.63) is 95.3 Å². The maximum Gasteiger partial charge on any atom is 0.254 e. The highest BCUT2D eigenvalue weighted by atomic mass is 16.2. The van der Waals surface area contributed by atoms with E-state index in [1.165, 1.54) is 36.1 Å². The van der Waals surface area contributed by atoms with E-state index in [9.17, 15) is 4.79 Å². The summed E-state index contributed by atoms with van der Waals surface area (Å²) in [5.74, 6) is 0.126. The minimum atomic E-state index is 0.126. The monoisotopic (exact) mass is 416 g/mol. The van der Waals surface area contributed by atoms with Crippen molar-refractivity contribution in [2.45, 2.75) is 65.5 Å². The molecular weight excluding hydrogens is 380 g/mol. The number of amides is 1. The van der Waals surface area contributed by atoms with Gasteiger partial charge >= 0.3 is 0 Å². The van der Waals surface area contributed by atoms with E-state index in [1.54, 1.807) is 0 Å². The Kier molecular flexibility index (Phi) is 8.96. The Morgan fingerprint density at radius 2 is 1.55 bits per heavy atom. The number of hydrogen-bond donors (Lipinski definition) is 0. The summed E-state index contributed by atoms with van der Waals surface area (Å²) in [6.07, 6.45) is 8.99. The van der Waals surface area contributed by atoms with Gasteiger partial charge in [-0.3, -0.25) is 4.79 Å². The molecule has 0 aliphatic rings. The third-order valence-electron chi connectivity index (χ3n) is 5.81. The van der Waals surface area contributed by atoms with Gasteiger partial charge < -0.3 is 9.47 Å². The van der Waals surface area contributed by atoms with Crippen molar-refractivity contribution >= 4 is 5.91 Å². The van der Waals surface area contributed by atoms with Crippen molar-refractivity contribution < 1.29 is 4.79 Å². The highest BCUT2D eigenvalue weighted by Crippen LogP contribution is 2.16. The van der Waals surface area contributed by atoms with Gasteiger partial charge in [-0.1, -0.05) is 75.6 Å². The van der Waals surface area contributed by atoms with Crippen LogP contribution in [-0.2, 0) is 19.5 Å². The number of unbranched alkanes of at least 4 members (excludes halogenated alkanes) is 3. The SMILES string of the molecule is CCCCCc1ccc(C(=O)N(CCCC)Cc2cccn2Cc2ccccc2)cc1. The molecule has 1 heterocycles. The van der Waals surface area contributed by atoms with Crippen molar-refractivity contribution in [1.82, 2.24) is 9.47 Å². The summed E-state index contributed by atoms with van der Waals surface area (Å²) in [7, 11) is 0. The van der Waals surface area contributed by atoms with Gasteiger partial charge in [0.25, 0.3) is 5.91 Å². The first-order valence-corrected chi connectivity index (χ1v) is 11.8.